The lowest BCUT2D eigenvalue weighted by Gasteiger charge is -2.21. The quantitative estimate of drug-likeness (QED) is 0.729. The summed E-state index contributed by atoms with van der Waals surface area (Å²) < 4.78 is 10.8. The number of hydrogen-bond donors (Lipinski definition) is 0. The van der Waals surface area contributed by atoms with Crippen molar-refractivity contribution in [3.63, 3.8) is 0 Å². The molecular weight excluding hydrogens is 176 g/mol. The Balaban J connectivity index is 1.76. The maximum absolute atomic E-state index is 5.41. The Bertz CT molecular complexity index is 252. The van der Waals surface area contributed by atoms with Crippen LogP contribution in [-0.2, 0) is 9.47 Å². The van der Waals surface area contributed by atoms with Gasteiger partial charge in [-0.1, -0.05) is 30.3 Å². The highest BCUT2D eigenvalue weighted by atomic mass is 16.7. The summed E-state index contributed by atoms with van der Waals surface area (Å²) in [6, 6.07) is 9.83. The summed E-state index contributed by atoms with van der Waals surface area (Å²) in [7, 11) is 0. The van der Waals surface area contributed by atoms with E-state index < -0.39 is 0 Å². The fourth-order valence-corrected chi connectivity index (χ4v) is 1.44. The summed E-state index contributed by atoms with van der Waals surface area (Å²) >= 11 is 0. The monoisotopic (exact) mass is 190 g/mol. The van der Waals surface area contributed by atoms with E-state index in [1.807, 2.05) is 30.3 Å². The third kappa shape index (κ3) is 2.82. The average molecular weight is 190 g/mol. The standard InChI is InChI=1S/C12H14O2/c1-2-6-11(7-3-1)10-14-12-8-4-5-9-13-12/h1-3,6-7,12H,4-5,8-9H2. The normalized spacial score (nSPS) is 22.1. The van der Waals surface area contributed by atoms with E-state index in [2.05, 4.69) is 6.61 Å². The molecule has 0 aromatic heterocycles. The second-order valence-corrected chi connectivity index (χ2v) is 3.38. The Morgan fingerprint density at radius 1 is 1.21 bits per heavy atom. The highest BCUT2D eigenvalue weighted by molar-refractivity contribution is 5.19. The van der Waals surface area contributed by atoms with Crippen LogP contribution in [0.25, 0.3) is 0 Å². The van der Waals surface area contributed by atoms with Gasteiger partial charge in [0.15, 0.2) is 12.9 Å². The van der Waals surface area contributed by atoms with Crippen LogP contribution in [0.5, 0.6) is 0 Å². The summed E-state index contributed by atoms with van der Waals surface area (Å²) in [6.07, 6.45) is 3.20. The van der Waals surface area contributed by atoms with Crippen molar-refractivity contribution in [1.29, 1.82) is 0 Å². The van der Waals surface area contributed by atoms with Crippen LogP contribution in [0.3, 0.4) is 0 Å². The van der Waals surface area contributed by atoms with Crippen molar-refractivity contribution in [2.24, 2.45) is 0 Å². The molecule has 2 nitrogen and oxygen atoms in total. The Morgan fingerprint density at radius 3 is 2.79 bits per heavy atom. The first-order valence-electron chi connectivity index (χ1n) is 5.03. The zero-order valence-corrected chi connectivity index (χ0v) is 8.11. The van der Waals surface area contributed by atoms with Gasteiger partial charge in [-0.05, 0) is 24.8 Å². The van der Waals surface area contributed by atoms with E-state index in [0.717, 1.165) is 25.0 Å². The second-order valence-electron chi connectivity index (χ2n) is 3.38. The minimum absolute atomic E-state index is 0.0936. The first-order valence-corrected chi connectivity index (χ1v) is 5.03. The van der Waals surface area contributed by atoms with Crippen molar-refractivity contribution in [3.05, 3.63) is 42.5 Å². The van der Waals surface area contributed by atoms with Crippen LogP contribution in [0.4, 0.5) is 0 Å². The Labute approximate surface area is 84.8 Å². The highest BCUT2D eigenvalue weighted by Gasteiger charge is 2.14. The summed E-state index contributed by atoms with van der Waals surface area (Å²) in [6.45, 7) is 3.70. The van der Waals surface area contributed by atoms with Crippen molar-refractivity contribution < 1.29 is 9.47 Å². The molecule has 0 bridgehead atoms. The third-order valence-electron chi connectivity index (χ3n) is 2.22. The zero-order valence-electron chi connectivity index (χ0n) is 8.11. The van der Waals surface area contributed by atoms with Crippen LogP contribution in [0.2, 0.25) is 0 Å². The van der Waals surface area contributed by atoms with Crippen LogP contribution >= 0.6 is 0 Å². The van der Waals surface area contributed by atoms with Crippen LogP contribution in [0.15, 0.2) is 30.3 Å². The van der Waals surface area contributed by atoms with Crippen molar-refractivity contribution in [3.8, 4) is 0 Å². The number of benzene rings is 1. The summed E-state index contributed by atoms with van der Waals surface area (Å²) in [5.41, 5.74) is 0.960. The number of hydrogen-bond acceptors (Lipinski definition) is 2. The van der Waals surface area contributed by atoms with Gasteiger partial charge in [0, 0.05) is 6.61 Å². The topological polar surface area (TPSA) is 18.5 Å². The van der Waals surface area contributed by atoms with Crippen molar-refractivity contribution in [2.75, 3.05) is 6.61 Å². The highest BCUT2D eigenvalue weighted by Crippen LogP contribution is 2.16. The van der Waals surface area contributed by atoms with Crippen LogP contribution in [0.1, 0.15) is 24.8 Å². The molecule has 0 saturated carbocycles. The molecule has 2 rings (SSSR count). The van der Waals surface area contributed by atoms with Crippen LogP contribution in [-0.4, -0.2) is 12.9 Å². The molecule has 0 amide bonds. The van der Waals surface area contributed by atoms with Gasteiger partial charge in [0.25, 0.3) is 0 Å². The largest absolute Gasteiger partial charge is 0.353 e. The van der Waals surface area contributed by atoms with E-state index in [-0.39, 0.29) is 6.29 Å². The molecule has 1 fully saturated rings. The maximum atomic E-state index is 5.41. The van der Waals surface area contributed by atoms with E-state index in [1.165, 1.54) is 6.42 Å². The van der Waals surface area contributed by atoms with Gasteiger partial charge in [-0.25, -0.2) is 0 Å². The molecule has 1 atom stereocenters. The van der Waals surface area contributed by atoms with E-state index in [4.69, 9.17) is 9.47 Å². The molecule has 1 aliphatic heterocycles. The van der Waals surface area contributed by atoms with Crippen molar-refractivity contribution >= 4 is 0 Å². The first-order chi connectivity index (χ1) is 6.95. The van der Waals surface area contributed by atoms with Gasteiger partial charge in [0.2, 0.25) is 0 Å². The lowest BCUT2D eigenvalue weighted by Crippen LogP contribution is -2.21. The SMILES string of the molecule is [C](OC1CCCCO1)c1ccccc1. The Hall–Kier alpha value is -0.860. The lowest BCUT2D eigenvalue weighted by molar-refractivity contribution is -0.139. The van der Waals surface area contributed by atoms with Crippen molar-refractivity contribution in [1.82, 2.24) is 0 Å². The van der Waals surface area contributed by atoms with Gasteiger partial charge >= 0.3 is 0 Å². The maximum Gasteiger partial charge on any atom is 0.169 e. The van der Waals surface area contributed by atoms with Gasteiger partial charge in [-0.15, -0.1) is 0 Å². The molecule has 2 heteroatoms. The molecule has 0 N–H and O–H groups in total. The van der Waals surface area contributed by atoms with Crippen molar-refractivity contribution in [2.45, 2.75) is 25.6 Å². The fraction of sp³-hybridized carbons (Fsp3) is 0.417. The molecule has 74 valence electrons. The van der Waals surface area contributed by atoms with Crippen LogP contribution < -0.4 is 0 Å². The Kier molecular flexibility index (Phi) is 3.55. The molecule has 1 saturated heterocycles. The molecule has 0 aliphatic carbocycles. The van der Waals surface area contributed by atoms with Gasteiger partial charge in [0.1, 0.15) is 0 Å². The third-order valence-corrected chi connectivity index (χ3v) is 2.22. The van der Waals surface area contributed by atoms with E-state index in [1.54, 1.807) is 0 Å². The second kappa shape index (κ2) is 5.13. The molecule has 1 aromatic rings. The predicted molar refractivity (Wildman–Crippen MR) is 53.5 cm³/mol. The first kappa shape index (κ1) is 9.69. The zero-order chi connectivity index (χ0) is 9.64. The fourth-order valence-electron chi connectivity index (χ4n) is 1.44. The molecule has 2 radical (unpaired) electrons. The van der Waals surface area contributed by atoms with Gasteiger partial charge in [-0.2, -0.15) is 0 Å². The Morgan fingerprint density at radius 2 is 2.07 bits per heavy atom. The minimum Gasteiger partial charge on any atom is -0.353 e. The summed E-state index contributed by atoms with van der Waals surface area (Å²) in [5, 5.41) is 0. The minimum atomic E-state index is -0.0936. The molecule has 0 spiro atoms. The van der Waals surface area contributed by atoms with Gasteiger partial charge in [-0.3, -0.25) is 0 Å². The summed E-state index contributed by atoms with van der Waals surface area (Å²) in [5.74, 6) is 0. The number of rotatable bonds is 3. The van der Waals surface area contributed by atoms with E-state index in [0.29, 0.717) is 0 Å². The van der Waals surface area contributed by atoms with Gasteiger partial charge in [0.05, 0.1) is 0 Å². The van der Waals surface area contributed by atoms with E-state index >= 15 is 0 Å². The molecular formula is C12H14O2. The smallest absolute Gasteiger partial charge is 0.169 e. The average Bonchev–Trinajstić information content (AvgIpc) is 2.29. The molecule has 1 aromatic carbocycles. The van der Waals surface area contributed by atoms with Crippen LogP contribution in [0, 0.1) is 6.61 Å². The molecule has 14 heavy (non-hydrogen) atoms. The molecule has 1 unspecified atom stereocenters. The lowest BCUT2D eigenvalue weighted by atomic mass is 10.2. The molecule has 1 heterocycles. The summed E-state index contributed by atoms with van der Waals surface area (Å²) in [4.78, 5) is 0. The van der Waals surface area contributed by atoms with Gasteiger partial charge < -0.3 is 9.47 Å². The van der Waals surface area contributed by atoms with E-state index in [9.17, 15) is 0 Å². The number of ether oxygens (including phenoxy) is 2. The molecule has 1 aliphatic rings. The predicted octanol–water partition coefficient (Wildman–Crippen LogP) is 2.62.